The van der Waals surface area contributed by atoms with Crippen molar-refractivity contribution in [2.24, 2.45) is 0 Å². The number of nitrogens with zero attached hydrogens (tertiary/aromatic N) is 1. The van der Waals surface area contributed by atoms with Crippen molar-refractivity contribution in [1.29, 1.82) is 0 Å². The Labute approximate surface area is 323 Å². The summed E-state index contributed by atoms with van der Waals surface area (Å²) in [4.78, 5) is 29.0. The summed E-state index contributed by atoms with van der Waals surface area (Å²) >= 11 is 0. The topological polar surface area (TPSA) is 89.1 Å². The number of rotatable bonds is 17. The van der Waals surface area contributed by atoms with Gasteiger partial charge in [0.15, 0.2) is 0 Å². The molecule has 0 aromatic heterocycles. The zero-order valence-electron chi connectivity index (χ0n) is 35.1. The molecule has 0 radical (unpaired) electrons. The third kappa shape index (κ3) is 19.2. The van der Waals surface area contributed by atoms with Crippen LogP contribution in [0.2, 0.25) is 0 Å². The van der Waals surface area contributed by atoms with Gasteiger partial charge in [0.2, 0.25) is 5.91 Å². The number of aryl methyl sites for hydroxylation is 1. The van der Waals surface area contributed by atoms with Gasteiger partial charge in [0, 0.05) is 35.6 Å². The Balaban J connectivity index is 0. The highest BCUT2D eigenvalue weighted by atomic mass is 16.5. The molecule has 0 aliphatic carbocycles. The number of hydrogen-bond donors (Lipinski definition) is 2. The molecule has 3 rings (SSSR count). The van der Waals surface area contributed by atoms with Gasteiger partial charge in [-0.1, -0.05) is 107 Å². The highest BCUT2D eigenvalue weighted by Gasteiger charge is 2.30. The molecule has 8 nitrogen and oxygen atoms in total. The number of allylic oxidation sites excluding steroid dienone is 1. The van der Waals surface area contributed by atoms with Gasteiger partial charge in [-0.3, -0.25) is 9.59 Å². The summed E-state index contributed by atoms with van der Waals surface area (Å²) in [5.41, 5.74) is 3.59. The smallest absolute Gasteiger partial charge is 0.252 e. The third-order valence-corrected chi connectivity index (χ3v) is 7.07. The van der Waals surface area contributed by atoms with E-state index in [4.69, 9.17) is 14.2 Å². The lowest BCUT2D eigenvalue weighted by atomic mass is 9.99. The number of nitrogens with one attached hydrogen (secondary N) is 2. The van der Waals surface area contributed by atoms with Crippen LogP contribution in [-0.4, -0.2) is 50.8 Å². The first-order valence-corrected chi connectivity index (χ1v) is 19.3. The molecular formula is C45H71N3O5. The summed E-state index contributed by atoms with van der Waals surface area (Å²) < 4.78 is 16.3. The van der Waals surface area contributed by atoms with Crippen molar-refractivity contribution in [2.75, 3.05) is 43.6 Å². The zero-order valence-corrected chi connectivity index (χ0v) is 35.1. The average molecular weight is 734 g/mol. The summed E-state index contributed by atoms with van der Waals surface area (Å²) in [6, 6.07) is 11.1. The van der Waals surface area contributed by atoms with Crippen LogP contribution in [0.15, 0.2) is 92.0 Å². The molecule has 53 heavy (non-hydrogen) atoms. The molecule has 0 saturated carbocycles. The number of hydrogen-bond acceptors (Lipinski definition) is 6. The number of ether oxygens (including phenoxy) is 3. The molecule has 2 aromatic carbocycles. The van der Waals surface area contributed by atoms with Crippen LogP contribution in [0.3, 0.4) is 0 Å². The monoisotopic (exact) mass is 734 g/mol. The number of benzene rings is 2. The third-order valence-electron chi connectivity index (χ3n) is 7.07. The molecule has 1 aliphatic rings. The first-order valence-electron chi connectivity index (χ1n) is 19.3. The van der Waals surface area contributed by atoms with Crippen molar-refractivity contribution < 1.29 is 23.8 Å². The van der Waals surface area contributed by atoms with Gasteiger partial charge in [-0.05, 0) is 86.4 Å². The van der Waals surface area contributed by atoms with Crippen LogP contribution < -0.4 is 20.3 Å². The summed E-state index contributed by atoms with van der Waals surface area (Å²) in [5.74, 6) is 0.523. The maximum atomic E-state index is 13.6. The Bertz CT molecular complexity index is 1440. The van der Waals surface area contributed by atoms with Crippen LogP contribution in [0.4, 0.5) is 11.4 Å². The Morgan fingerprint density at radius 1 is 0.981 bits per heavy atom. The van der Waals surface area contributed by atoms with Crippen LogP contribution in [0.5, 0.6) is 5.75 Å². The van der Waals surface area contributed by atoms with E-state index in [0.717, 1.165) is 41.6 Å². The second kappa shape index (κ2) is 30.0. The fraction of sp³-hybridized carbons (Fsp3) is 0.467. The molecule has 1 heterocycles. The average Bonchev–Trinajstić information content (AvgIpc) is 3.17. The Morgan fingerprint density at radius 3 is 2.25 bits per heavy atom. The number of fused-ring (bicyclic) bond motifs is 1. The Hall–Kier alpha value is -4.56. The molecule has 1 aliphatic heterocycles. The van der Waals surface area contributed by atoms with E-state index in [1.807, 2.05) is 71.9 Å². The van der Waals surface area contributed by atoms with Gasteiger partial charge >= 0.3 is 0 Å². The van der Waals surface area contributed by atoms with E-state index >= 15 is 0 Å². The molecular weight excluding hydrogens is 663 g/mol. The summed E-state index contributed by atoms with van der Waals surface area (Å²) in [6.07, 6.45) is 12.9. The van der Waals surface area contributed by atoms with Gasteiger partial charge in [0.25, 0.3) is 5.91 Å². The molecule has 0 bridgehead atoms. The van der Waals surface area contributed by atoms with Crippen molar-refractivity contribution in [3.63, 3.8) is 0 Å². The number of carbonyl (C=O) groups is 2. The van der Waals surface area contributed by atoms with Crippen molar-refractivity contribution in [2.45, 2.75) is 107 Å². The van der Waals surface area contributed by atoms with Gasteiger partial charge < -0.3 is 29.7 Å². The van der Waals surface area contributed by atoms with Gasteiger partial charge in [-0.2, -0.15) is 0 Å². The van der Waals surface area contributed by atoms with Gasteiger partial charge in [0.05, 0.1) is 26.6 Å². The van der Waals surface area contributed by atoms with Crippen LogP contribution in [0.1, 0.15) is 117 Å². The molecule has 0 atom stereocenters. The second-order valence-corrected chi connectivity index (χ2v) is 11.8. The predicted octanol–water partition coefficient (Wildman–Crippen LogP) is 11.3. The van der Waals surface area contributed by atoms with Crippen LogP contribution in [0, 0.1) is 0 Å². The summed E-state index contributed by atoms with van der Waals surface area (Å²) in [7, 11) is 1.59. The van der Waals surface area contributed by atoms with E-state index in [1.165, 1.54) is 6.42 Å². The molecule has 2 N–H and O–H groups in total. The summed E-state index contributed by atoms with van der Waals surface area (Å²) in [5, 5.41) is 5.83. The molecule has 2 aromatic rings. The maximum Gasteiger partial charge on any atom is 0.252 e. The number of methoxy groups -OCH3 is 1. The minimum absolute atomic E-state index is 0.348. The first-order chi connectivity index (χ1) is 25.5. The van der Waals surface area contributed by atoms with Gasteiger partial charge in [-0.25, -0.2) is 0 Å². The van der Waals surface area contributed by atoms with Crippen LogP contribution in [0.25, 0.3) is 6.08 Å². The molecule has 8 heteroatoms. The fourth-order valence-electron chi connectivity index (χ4n) is 4.54. The lowest BCUT2D eigenvalue weighted by molar-refractivity contribution is -0.120. The minimum Gasteiger partial charge on any atom is -0.505 e. The van der Waals surface area contributed by atoms with Crippen molar-refractivity contribution in [1.82, 2.24) is 5.32 Å². The summed E-state index contributed by atoms with van der Waals surface area (Å²) in [6.45, 7) is 35.6. The lowest BCUT2D eigenvalue weighted by Gasteiger charge is -2.29. The highest BCUT2D eigenvalue weighted by Crippen LogP contribution is 2.30. The van der Waals surface area contributed by atoms with Crippen molar-refractivity contribution in [3.05, 3.63) is 109 Å². The largest absolute Gasteiger partial charge is 0.505 e. The number of anilines is 2. The molecule has 0 saturated heterocycles. The molecule has 2 amide bonds. The van der Waals surface area contributed by atoms with E-state index in [-0.39, 0.29) is 11.8 Å². The molecule has 0 spiro atoms. The fourth-order valence-corrected chi connectivity index (χ4v) is 4.54. The Kier molecular flexibility index (Phi) is 28.6. The van der Waals surface area contributed by atoms with E-state index in [0.29, 0.717) is 49.1 Å². The lowest BCUT2D eigenvalue weighted by Crippen LogP contribution is -2.52. The quantitative estimate of drug-likeness (QED) is 0.0956. The first kappa shape index (κ1) is 50.5. The molecule has 0 unspecified atom stereocenters. The maximum absolute atomic E-state index is 13.6. The zero-order chi connectivity index (χ0) is 40.8. The number of unbranched alkanes of at least 4 members (excludes halogenated alkanes) is 1. The van der Waals surface area contributed by atoms with Crippen molar-refractivity contribution >= 4 is 29.3 Å². The van der Waals surface area contributed by atoms with Crippen molar-refractivity contribution in [3.8, 4) is 5.75 Å². The van der Waals surface area contributed by atoms with E-state index in [9.17, 15) is 9.59 Å². The normalized spacial score (nSPS) is 10.9. The van der Waals surface area contributed by atoms with Crippen LogP contribution in [-0.2, 0) is 20.7 Å². The number of carbonyl (C=O) groups excluding carboxylic acids is 2. The minimum atomic E-state index is -1.20. The Morgan fingerprint density at radius 2 is 1.64 bits per heavy atom. The van der Waals surface area contributed by atoms with Gasteiger partial charge in [-0.15, -0.1) is 0 Å². The highest BCUT2D eigenvalue weighted by molar-refractivity contribution is 6.03. The standard InChI is InChI=1S/C36H45N3O5.C3H8.3C2H6/c1-8-10-12-28-15-16-30(24-32(28)39(25-26(3)9-2)19-22-43-21-11-20-42-7)34(40)38-36(5,6)35(41)37-31-17-18-33-29(23-31)14-13-27(4)44-33;1-3-2;3*1-2/h9,11,13-18,20,23-24H,2-4,8,10,12,19,21-22,25H2,1,5-7H3,(H,37,41)(H,38,40);3H2,1-2H3;3*1-2H3/b20-11+;;;;. The molecule has 296 valence electrons. The van der Waals surface area contributed by atoms with E-state index in [1.54, 1.807) is 57.6 Å². The van der Waals surface area contributed by atoms with E-state index < -0.39 is 5.54 Å². The molecule has 0 fully saturated rings. The number of amides is 2. The SMILES string of the molecule is C=CC(=C)CN(CCOC/C=C/OC)c1cc(C(=O)NC(C)(C)C(=O)Nc2ccc3c(c2)C=CC(=C)O3)ccc1CCCC.CC.CC.CC.CCC. The van der Waals surface area contributed by atoms with E-state index in [2.05, 4.69) is 56.0 Å². The van der Waals surface area contributed by atoms with Gasteiger partial charge in [0.1, 0.15) is 17.0 Å². The van der Waals surface area contributed by atoms with Crippen LogP contribution >= 0.6 is 0 Å². The predicted molar refractivity (Wildman–Crippen MR) is 229 cm³/mol. The second-order valence-electron chi connectivity index (χ2n) is 11.8.